The fraction of sp³-hybridized carbons (Fsp3) is 0.462. The Morgan fingerprint density at radius 3 is 2.12 bits per heavy atom. The molecule has 0 spiro atoms. The van der Waals surface area contributed by atoms with Gasteiger partial charge in [0.25, 0.3) is 0 Å². The summed E-state index contributed by atoms with van der Waals surface area (Å²) in [5.41, 5.74) is 1.78. The average Bonchev–Trinajstić information content (AvgIpc) is 2.26. The molecule has 88 valence electrons. The van der Waals surface area contributed by atoms with Crippen LogP contribution in [0.5, 0.6) is 0 Å². The number of carbonyl (C=O) groups is 1. The summed E-state index contributed by atoms with van der Waals surface area (Å²) < 4.78 is 4.47. The van der Waals surface area contributed by atoms with Gasteiger partial charge in [0, 0.05) is 0 Å². The Hall–Kier alpha value is -1.35. The second-order valence-corrected chi connectivity index (χ2v) is 4.80. The first-order chi connectivity index (χ1) is 7.36. The van der Waals surface area contributed by atoms with Crippen LogP contribution in [0.1, 0.15) is 38.0 Å². The van der Waals surface area contributed by atoms with Gasteiger partial charge in [-0.15, -0.1) is 0 Å². The highest BCUT2D eigenvalue weighted by Gasteiger charge is 2.19. The van der Waals surface area contributed by atoms with Crippen molar-refractivity contribution in [1.29, 1.82) is 0 Å². The van der Waals surface area contributed by atoms with E-state index >= 15 is 0 Å². The molecule has 1 aromatic rings. The first-order valence-electron chi connectivity index (χ1n) is 5.22. The third-order valence-corrected chi connectivity index (χ3v) is 2.52. The molecule has 0 fully saturated rings. The zero-order valence-corrected chi connectivity index (χ0v) is 10.2. The molecule has 1 atom stereocenters. The first kappa shape index (κ1) is 12.7. The van der Waals surface area contributed by atoms with Crippen molar-refractivity contribution in [2.45, 2.75) is 32.3 Å². The molecule has 0 aliphatic rings. The maximum absolute atomic E-state index is 11.1. The molecule has 0 aliphatic carbocycles. The largest absolute Gasteiger partial charge is 0.467 e. The lowest BCUT2D eigenvalue weighted by molar-refractivity contribution is -0.150. The van der Waals surface area contributed by atoms with E-state index in [1.165, 1.54) is 7.11 Å². The Balaban J connectivity index is 2.91. The van der Waals surface area contributed by atoms with E-state index < -0.39 is 12.1 Å². The maximum atomic E-state index is 11.1. The molecule has 1 aromatic carbocycles. The molecule has 0 amide bonds. The Labute approximate surface area is 96.1 Å². The topological polar surface area (TPSA) is 46.5 Å². The number of aliphatic hydroxyl groups is 1. The molecule has 0 bridgehead atoms. The predicted molar refractivity (Wildman–Crippen MR) is 62.1 cm³/mol. The Bertz CT molecular complexity index is 360. The van der Waals surface area contributed by atoms with Crippen LogP contribution in [0, 0.1) is 0 Å². The van der Waals surface area contributed by atoms with Crippen molar-refractivity contribution in [2.75, 3.05) is 7.11 Å². The molecule has 1 N–H and O–H groups in total. The number of esters is 1. The van der Waals surface area contributed by atoms with Gasteiger partial charge >= 0.3 is 5.97 Å². The second-order valence-electron chi connectivity index (χ2n) is 4.80. The van der Waals surface area contributed by atoms with Crippen LogP contribution in [0.4, 0.5) is 0 Å². The van der Waals surface area contributed by atoms with Gasteiger partial charge in [-0.3, -0.25) is 0 Å². The van der Waals surface area contributed by atoms with E-state index in [0.29, 0.717) is 5.56 Å². The van der Waals surface area contributed by atoms with E-state index in [1.807, 2.05) is 12.1 Å². The molecule has 0 radical (unpaired) electrons. The van der Waals surface area contributed by atoms with Crippen LogP contribution in [0.3, 0.4) is 0 Å². The number of ether oxygens (including phenoxy) is 1. The molecule has 1 rings (SSSR count). The van der Waals surface area contributed by atoms with Crippen LogP contribution in [0.2, 0.25) is 0 Å². The average molecular weight is 222 g/mol. The summed E-state index contributed by atoms with van der Waals surface area (Å²) in [6, 6.07) is 7.34. The van der Waals surface area contributed by atoms with Crippen molar-refractivity contribution in [1.82, 2.24) is 0 Å². The fourth-order valence-corrected chi connectivity index (χ4v) is 1.41. The van der Waals surface area contributed by atoms with E-state index in [2.05, 4.69) is 25.5 Å². The molecule has 3 heteroatoms. The van der Waals surface area contributed by atoms with Gasteiger partial charge in [0.15, 0.2) is 6.10 Å². The van der Waals surface area contributed by atoms with Gasteiger partial charge in [-0.1, -0.05) is 45.0 Å². The number of aliphatic hydroxyl groups excluding tert-OH is 1. The van der Waals surface area contributed by atoms with E-state index in [4.69, 9.17) is 0 Å². The monoisotopic (exact) mass is 222 g/mol. The molecule has 0 aliphatic heterocycles. The zero-order chi connectivity index (χ0) is 12.3. The second kappa shape index (κ2) is 4.66. The SMILES string of the molecule is COC(=O)[C@H](O)c1ccc(C(C)(C)C)cc1. The summed E-state index contributed by atoms with van der Waals surface area (Å²) in [4.78, 5) is 11.1. The fourth-order valence-electron chi connectivity index (χ4n) is 1.41. The van der Waals surface area contributed by atoms with Crippen molar-refractivity contribution in [2.24, 2.45) is 0 Å². The minimum absolute atomic E-state index is 0.0642. The highest BCUT2D eigenvalue weighted by atomic mass is 16.5. The lowest BCUT2D eigenvalue weighted by Crippen LogP contribution is -2.15. The number of rotatable bonds is 2. The number of hydrogen-bond donors (Lipinski definition) is 1. The van der Waals surface area contributed by atoms with Crippen molar-refractivity contribution in [3.05, 3.63) is 35.4 Å². The smallest absolute Gasteiger partial charge is 0.339 e. The molecule has 3 nitrogen and oxygen atoms in total. The number of hydrogen-bond acceptors (Lipinski definition) is 3. The minimum Gasteiger partial charge on any atom is -0.467 e. The molecule has 0 saturated carbocycles. The van der Waals surface area contributed by atoms with E-state index in [0.717, 1.165) is 5.56 Å². The van der Waals surface area contributed by atoms with Crippen LogP contribution in [-0.4, -0.2) is 18.2 Å². The minimum atomic E-state index is -1.20. The first-order valence-corrected chi connectivity index (χ1v) is 5.22. The van der Waals surface area contributed by atoms with Crippen molar-refractivity contribution >= 4 is 5.97 Å². The van der Waals surface area contributed by atoms with Gasteiger partial charge in [0.2, 0.25) is 0 Å². The van der Waals surface area contributed by atoms with Crippen LogP contribution < -0.4 is 0 Å². The van der Waals surface area contributed by atoms with Gasteiger partial charge in [-0.25, -0.2) is 4.79 Å². The third kappa shape index (κ3) is 2.83. The van der Waals surface area contributed by atoms with Crippen molar-refractivity contribution < 1.29 is 14.6 Å². The van der Waals surface area contributed by atoms with Gasteiger partial charge in [0.05, 0.1) is 7.11 Å². The molecule has 0 saturated heterocycles. The molecule has 0 unspecified atom stereocenters. The third-order valence-electron chi connectivity index (χ3n) is 2.52. The standard InChI is InChI=1S/C13H18O3/c1-13(2,3)10-7-5-9(6-8-10)11(14)12(15)16-4/h5-8,11,14H,1-4H3/t11-/m1/s1. The Kier molecular flexibility index (Phi) is 3.70. The number of benzene rings is 1. The van der Waals surface area contributed by atoms with Gasteiger partial charge in [-0.2, -0.15) is 0 Å². The van der Waals surface area contributed by atoms with Crippen LogP contribution >= 0.6 is 0 Å². The number of carbonyl (C=O) groups excluding carboxylic acids is 1. The zero-order valence-electron chi connectivity index (χ0n) is 10.2. The van der Waals surface area contributed by atoms with Crippen LogP contribution in [0.15, 0.2) is 24.3 Å². The summed E-state index contributed by atoms with van der Waals surface area (Å²) in [6.45, 7) is 6.33. The highest BCUT2D eigenvalue weighted by molar-refractivity contribution is 5.76. The van der Waals surface area contributed by atoms with Crippen LogP contribution in [0.25, 0.3) is 0 Å². The Morgan fingerprint density at radius 1 is 1.25 bits per heavy atom. The summed E-state index contributed by atoms with van der Waals surface area (Å²) in [7, 11) is 1.26. The summed E-state index contributed by atoms with van der Waals surface area (Å²) in [5, 5.41) is 9.61. The summed E-state index contributed by atoms with van der Waals surface area (Å²) >= 11 is 0. The van der Waals surface area contributed by atoms with Gasteiger partial charge in [-0.05, 0) is 16.5 Å². The lowest BCUT2D eigenvalue weighted by atomic mass is 9.86. The molecular formula is C13H18O3. The Morgan fingerprint density at radius 2 is 1.75 bits per heavy atom. The van der Waals surface area contributed by atoms with Crippen LogP contribution in [-0.2, 0) is 14.9 Å². The quantitative estimate of drug-likeness (QED) is 0.780. The normalized spacial score (nSPS) is 13.3. The lowest BCUT2D eigenvalue weighted by Gasteiger charge is -2.19. The maximum Gasteiger partial charge on any atom is 0.339 e. The molecule has 0 aromatic heterocycles. The van der Waals surface area contributed by atoms with Gasteiger partial charge < -0.3 is 9.84 Å². The van der Waals surface area contributed by atoms with Gasteiger partial charge in [0.1, 0.15) is 0 Å². The summed E-state index contributed by atoms with van der Waals surface area (Å²) in [5.74, 6) is -0.636. The molecule has 16 heavy (non-hydrogen) atoms. The van der Waals surface area contributed by atoms with Crippen molar-refractivity contribution in [3.8, 4) is 0 Å². The highest BCUT2D eigenvalue weighted by Crippen LogP contribution is 2.24. The van der Waals surface area contributed by atoms with E-state index in [-0.39, 0.29) is 5.41 Å². The van der Waals surface area contributed by atoms with E-state index in [1.54, 1.807) is 12.1 Å². The molecular weight excluding hydrogens is 204 g/mol. The molecule has 0 heterocycles. The summed E-state index contributed by atoms with van der Waals surface area (Å²) in [6.07, 6.45) is -1.20. The predicted octanol–water partition coefficient (Wildman–Crippen LogP) is 2.19. The van der Waals surface area contributed by atoms with E-state index in [9.17, 15) is 9.90 Å². The van der Waals surface area contributed by atoms with Crippen molar-refractivity contribution in [3.63, 3.8) is 0 Å². The number of methoxy groups -OCH3 is 1.